The van der Waals surface area contributed by atoms with Gasteiger partial charge in [-0.1, -0.05) is 0 Å². The van der Waals surface area contributed by atoms with Gasteiger partial charge < -0.3 is 19.2 Å². The van der Waals surface area contributed by atoms with Gasteiger partial charge in [0.1, 0.15) is 5.52 Å². The summed E-state index contributed by atoms with van der Waals surface area (Å²) in [5, 5.41) is 0.797. The zero-order valence-electron chi connectivity index (χ0n) is 17.1. The molecule has 0 radical (unpaired) electrons. The fraction of sp³-hybridized carbons (Fsp3) is 0.409. The summed E-state index contributed by atoms with van der Waals surface area (Å²) >= 11 is 0. The Morgan fingerprint density at radius 2 is 1.83 bits per heavy atom. The standard InChI is InChI=1S/C22H25N3O4S/c1-24-12-18(16-5-8-23-20(16)21(24)26)17-11-15(30(2,27)28)3-4-19(17)25-9-6-22(7-10-25)13-29-14-22/h3-5,8,11-12,23H,6-7,9-10,13-14H2,1-2H3. The number of fused-ring (bicyclic) bond motifs is 1. The summed E-state index contributed by atoms with van der Waals surface area (Å²) in [7, 11) is -1.65. The fourth-order valence-corrected chi connectivity index (χ4v) is 5.27. The normalized spacial score (nSPS) is 18.7. The van der Waals surface area contributed by atoms with E-state index in [9.17, 15) is 13.2 Å². The van der Waals surface area contributed by atoms with Gasteiger partial charge in [-0.25, -0.2) is 8.42 Å². The van der Waals surface area contributed by atoms with Crippen LogP contribution >= 0.6 is 0 Å². The van der Waals surface area contributed by atoms with E-state index in [2.05, 4.69) is 9.88 Å². The van der Waals surface area contributed by atoms with Crippen molar-refractivity contribution in [3.63, 3.8) is 0 Å². The van der Waals surface area contributed by atoms with Crippen LogP contribution in [0.4, 0.5) is 5.69 Å². The van der Waals surface area contributed by atoms with Crippen molar-refractivity contribution in [3.8, 4) is 11.1 Å². The number of sulfone groups is 1. The van der Waals surface area contributed by atoms with E-state index in [4.69, 9.17) is 4.74 Å². The molecule has 3 aromatic rings. The molecule has 1 aromatic carbocycles. The van der Waals surface area contributed by atoms with Crippen molar-refractivity contribution >= 4 is 26.4 Å². The third-order valence-electron chi connectivity index (χ3n) is 6.56. The Morgan fingerprint density at radius 3 is 2.47 bits per heavy atom. The lowest BCUT2D eigenvalue weighted by molar-refractivity contribution is -0.124. The molecule has 2 fully saturated rings. The van der Waals surface area contributed by atoms with Gasteiger partial charge in [-0.05, 0) is 37.1 Å². The Balaban J connectivity index is 1.67. The molecule has 0 aliphatic carbocycles. The molecular formula is C22H25N3O4S. The van der Waals surface area contributed by atoms with Crippen LogP contribution in [0.15, 0.2) is 46.3 Å². The summed E-state index contributed by atoms with van der Waals surface area (Å²) in [5.41, 5.74) is 3.41. The van der Waals surface area contributed by atoms with Crippen LogP contribution in [0.5, 0.6) is 0 Å². The first kappa shape index (κ1) is 19.4. The third-order valence-corrected chi connectivity index (χ3v) is 7.67. The molecule has 0 amide bonds. The molecule has 0 saturated carbocycles. The van der Waals surface area contributed by atoms with Gasteiger partial charge in [-0.15, -0.1) is 0 Å². The monoisotopic (exact) mass is 427 g/mol. The molecule has 7 nitrogen and oxygen atoms in total. The highest BCUT2D eigenvalue weighted by molar-refractivity contribution is 7.90. The van der Waals surface area contributed by atoms with E-state index in [-0.39, 0.29) is 10.5 Å². The van der Waals surface area contributed by atoms with Crippen LogP contribution in [0.2, 0.25) is 0 Å². The zero-order valence-corrected chi connectivity index (χ0v) is 18.0. The maximum absolute atomic E-state index is 12.5. The van der Waals surface area contributed by atoms with Gasteiger partial charge in [0.25, 0.3) is 5.56 Å². The summed E-state index contributed by atoms with van der Waals surface area (Å²) < 4.78 is 31.6. The van der Waals surface area contributed by atoms with Crippen molar-refractivity contribution in [2.45, 2.75) is 17.7 Å². The molecule has 2 aliphatic rings. The molecule has 1 spiro atoms. The number of pyridine rings is 1. The molecule has 5 rings (SSSR count). The molecule has 2 aliphatic heterocycles. The first-order valence-electron chi connectivity index (χ1n) is 10.1. The number of anilines is 1. The molecule has 0 atom stereocenters. The smallest absolute Gasteiger partial charge is 0.274 e. The number of benzene rings is 1. The number of hydrogen-bond donors (Lipinski definition) is 1. The molecule has 0 unspecified atom stereocenters. The van der Waals surface area contributed by atoms with E-state index < -0.39 is 9.84 Å². The number of aryl methyl sites for hydroxylation is 1. The second-order valence-corrected chi connectivity index (χ2v) is 10.7. The quantitative estimate of drug-likeness (QED) is 0.695. The predicted octanol–water partition coefficient (Wildman–Crippen LogP) is 2.55. The summed E-state index contributed by atoms with van der Waals surface area (Å²) in [4.78, 5) is 18.1. The second-order valence-electron chi connectivity index (χ2n) is 8.66. The Bertz CT molecular complexity index is 1290. The third kappa shape index (κ3) is 3.06. The SMILES string of the molecule is Cn1cc(-c2cc(S(C)(=O)=O)ccc2N2CCC3(CC2)COC3)c2cc[nH]c2c1=O. The number of nitrogens with one attached hydrogen (secondary N) is 1. The van der Waals surface area contributed by atoms with Gasteiger partial charge in [0.2, 0.25) is 0 Å². The number of aromatic amines is 1. The van der Waals surface area contributed by atoms with Crippen LogP contribution in [0, 0.1) is 5.41 Å². The number of ether oxygens (including phenoxy) is 1. The van der Waals surface area contributed by atoms with Crippen molar-refractivity contribution in [1.82, 2.24) is 9.55 Å². The molecule has 4 heterocycles. The Labute approximate surface area is 175 Å². The number of nitrogens with zero attached hydrogens (tertiary/aromatic N) is 2. The summed E-state index contributed by atoms with van der Waals surface area (Å²) in [5.74, 6) is 0. The molecule has 8 heteroatoms. The number of hydrogen-bond acceptors (Lipinski definition) is 5. The molecule has 0 bridgehead atoms. The van der Waals surface area contributed by atoms with E-state index in [1.54, 1.807) is 36.1 Å². The summed E-state index contributed by atoms with van der Waals surface area (Å²) in [6, 6.07) is 7.21. The van der Waals surface area contributed by atoms with Crippen molar-refractivity contribution in [3.05, 3.63) is 47.0 Å². The fourth-order valence-electron chi connectivity index (χ4n) is 4.62. The molecule has 2 aromatic heterocycles. The Morgan fingerprint density at radius 1 is 1.10 bits per heavy atom. The summed E-state index contributed by atoms with van der Waals surface area (Å²) in [6.07, 6.45) is 6.89. The van der Waals surface area contributed by atoms with E-state index in [1.165, 1.54) is 6.26 Å². The van der Waals surface area contributed by atoms with Gasteiger partial charge in [0.05, 0.1) is 18.1 Å². The maximum Gasteiger partial charge on any atom is 0.274 e. The predicted molar refractivity (Wildman–Crippen MR) is 117 cm³/mol. The topological polar surface area (TPSA) is 84.4 Å². The van der Waals surface area contributed by atoms with Gasteiger partial charge in [-0.3, -0.25) is 4.79 Å². The van der Waals surface area contributed by atoms with Crippen molar-refractivity contribution in [2.24, 2.45) is 12.5 Å². The van der Waals surface area contributed by atoms with Crippen LogP contribution < -0.4 is 10.5 Å². The van der Waals surface area contributed by atoms with Crippen molar-refractivity contribution in [2.75, 3.05) is 37.5 Å². The van der Waals surface area contributed by atoms with Gasteiger partial charge in [0, 0.05) is 66.4 Å². The highest BCUT2D eigenvalue weighted by Crippen LogP contribution is 2.42. The summed E-state index contributed by atoms with van der Waals surface area (Å²) in [6.45, 7) is 3.48. The molecular weight excluding hydrogens is 402 g/mol. The van der Waals surface area contributed by atoms with Gasteiger partial charge in [0.15, 0.2) is 9.84 Å². The van der Waals surface area contributed by atoms with Crippen LogP contribution in [0.25, 0.3) is 22.0 Å². The lowest BCUT2D eigenvalue weighted by Crippen LogP contribution is -2.51. The molecule has 158 valence electrons. The maximum atomic E-state index is 12.5. The molecule has 1 N–H and O–H groups in total. The van der Waals surface area contributed by atoms with E-state index in [0.717, 1.165) is 61.3 Å². The largest absolute Gasteiger partial charge is 0.380 e. The Kier molecular flexibility index (Phi) is 4.34. The minimum atomic E-state index is -3.36. The van der Waals surface area contributed by atoms with Crippen LogP contribution in [0.1, 0.15) is 12.8 Å². The zero-order chi connectivity index (χ0) is 21.1. The van der Waals surface area contributed by atoms with Crippen molar-refractivity contribution in [1.29, 1.82) is 0 Å². The highest BCUT2D eigenvalue weighted by atomic mass is 32.2. The van der Waals surface area contributed by atoms with E-state index in [1.807, 2.05) is 12.1 Å². The minimum absolute atomic E-state index is 0.107. The number of piperidine rings is 1. The first-order chi connectivity index (χ1) is 14.3. The number of aromatic nitrogens is 2. The van der Waals surface area contributed by atoms with Crippen LogP contribution in [-0.2, 0) is 21.6 Å². The van der Waals surface area contributed by atoms with Crippen LogP contribution in [0.3, 0.4) is 0 Å². The first-order valence-corrected chi connectivity index (χ1v) is 12.0. The average molecular weight is 428 g/mol. The molecule has 30 heavy (non-hydrogen) atoms. The van der Waals surface area contributed by atoms with Gasteiger partial charge in [-0.2, -0.15) is 0 Å². The molecule has 2 saturated heterocycles. The number of rotatable bonds is 3. The van der Waals surface area contributed by atoms with E-state index >= 15 is 0 Å². The number of H-pyrrole nitrogens is 1. The average Bonchev–Trinajstić information content (AvgIpc) is 3.19. The lowest BCUT2D eigenvalue weighted by atomic mass is 9.76. The highest BCUT2D eigenvalue weighted by Gasteiger charge is 2.41. The Hall–Kier alpha value is -2.58. The van der Waals surface area contributed by atoms with Crippen LogP contribution in [-0.4, -0.2) is 50.5 Å². The van der Waals surface area contributed by atoms with E-state index in [0.29, 0.717) is 10.9 Å². The second kappa shape index (κ2) is 6.72. The minimum Gasteiger partial charge on any atom is -0.380 e. The van der Waals surface area contributed by atoms with Crippen molar-refractivity contribution < 1.29 is 13.2 Å². The van der Waals surface area contributed by atoms with Gasteiger partial charge >= 0.3 is 0 Å². The lowest BCUT2D eigenvalue weighted by Gasteiger charge is -2.48.